The number of carbonyl (C=O) groups excluding carboxylic acids is 1. The maximum absolute atomic E-state index is 10.8. The molecule has 0 spiro atoms. The van der Waals surface area contributed by atoms with Crippen molar-refractivity contribution < 1.29 is 4.79 Å². The number of hydrogen-bond acceptors (Lipinski definition) is 1. The van der Waals surface area contributed by atoms with Crippen LogP contribution in [0.3, 0.4) is 0 Å². The second-order valence-corrected chi connectivity index (χ2v) is 4.12. The second-order valence-electron chi connectivity index (χ2n) is 4.12. The lowest BCUT2D eigenvalue weighted by Gasteiger charge is -2.12. The van der Waals surface area contributed by atoms with Gasteiger partial charge < -0.3 is 5.32 Å². The molecule has 0 aromatic heterocycles. The lowest BCUT2D eigenvalue weighted by molar-refractivity contribution is -0.118. The topological polar surface area (TPSA) is 29.1 Å². The fourth-order valence-corrected chi connectivity index (χ4v) is 1.62. The van der Waals surface area contributed by atoms with Crippen LogP contribution in [0.25, 0.3) is 5.57 Å². The summed E-state index contributed by atoms with van der Waals surface area (Å²) in [7, 11) is 0. The second kappa shape index (κ2) is 6.11. The monoisotopic (exact) mass is 217 g/mol. The van der Waals surface area contributed by atoms with E-state index in [2.05, 4.69) is 37.4 Å². The lowest BCUT2D eigenvalue weighted by Crippen LogP contribution is -2.19. The van der Waals surface area contributed by atoms with Gasteiger partial charge in [0.2, 0.25) is 5.91 Å². The Morgan fingerprint density at radius 1 is 1.31 bits per heavy atom. The van der Waals surface area contributed by atoms with Crippen LogP contribution in [0, 0.1) is 5.92 Å². The molecule has 1 aromatic carbocycles. The van der Waals surface area contributed by atoms with Crippen molar-refractivity contribution in [1.82, 2.24) is 5.32 Å². The van der Waals surface area contributed by atoms with Crippen LogP contribution in [0.15, 0.2) is 36.4 Å². The molecule has 1 aromatic rings. The normalized spacial score (nSPS) is 11.6. The molecule has 0 atom stereocenters. The highest BCUT2D eigenvalue weighted by molar-refractivity contribution is 5.74. The molecule has 0 fully saturated rings. The molecular formula is C14H19NO. The van der Waals surface area contributed by atoms with E-state index >= 15 is 0 Å². The molecule has 0 saturated heterocycles. The molecule has 0 heterocycles. The minimum absolute atomic E-state index is 0.00687. The molecule has 16 heavy (non-hydrogen) atoms. The van der Waals surface area contributed by atoms with Gasteiger partial charge in [-0.3, -0.25) is 4.79 Å². The van der Waals surface area contributed by atoms with Crippen molar-refractivity contribution >= 4 is 11.5 Å². The lowest BCUT2D eigenvalue weighted by atomic mass is 9.95. The molecule has 2 heteroatoms. The highest BCUT2D eigenvalue weighted by Gasteiger charge is 2.05. The van der Waals surface area contributed by atoms with E-state index in [1.54, 1.807) is 0 Å². The van der Waals surface area contributed by atoms with E-state index in [4.69, 9.17) is 0 Å². The predicted octanol–water partition coefficient (Wildman–Crippen LogP) is 2.86. The van der Waals surface area contributed by atoms with Crippen LogP contribution in [0.4, 0.5) is 0 Å². The smallest absolute Gasteiger partial charge is 0.217 e. The van der Waals surface area contributed by atoms with Crippen LogP contribution in [0.1, 0.15) is 26.3 Å². The molecule has 0 saturated carbocycles. The minimum atomic E-state index is 0.00687. The van der Waals surface area contributed by atoms with Gasteiger partial charge in [-0.05, 0) is 17.1 Å². The average molecular weight is 217 g/mol. The standard InChI is InChI=1S/C14H19NO/c1-11(2)14(9-10-15-12(3)16)13-7-5-4-6-8-13/h4-9,11H,10H2,1-3H3,(H,15,16)/b14-9-. The number of amides is 1. The zero-order valence-electron chi connectivity index (χ0n) is 10.2. The molecular weight excluding hydrogens is 198 g/mol. The van der Waals surface area contributed by atoms with Gasteiger partial charge in [0.15, 0.2) is 0 Å². The van der Waals surface area contributed by atoms with Gasteiger partial charge in [0.05, 0.1) is 0 Å². The van der Waals surface area contributed by atoms with Crippen molar-refractivity contribution in [3.63, 3.8) is 0 Å². The summed E-state index contributed by atoms with van der Waals surface area (Å²) in [6.07, 6.45) is 2.08. The van der Waals surface area contributed by atoms with Crippen molar-refractivity contribution in [2.24, 2.45) is 5.92 Å². The zero-order valence-corrected chi connectivity index (χ0v) is 10.2. The summed E-state index contributed by atoms with van der Waals surface area (Å²) in [6.45, 7) is 6.45. The van der Waals surface area contributed by atoms with Crippen molar-refractivity contribution in [2.45, 2.75) is 20.8 Å². The quantitative estimate of drug-likeness (QED) is 0.825. The number of allylic oxidation sites excluding steroid dienone is 1. The Balaban J connectivity index is 2.79. The summed E-state index contributed by atoms with van der Waals surface area (Å²) in [5.41, 5.74) is 2.50. The van der Waals surface area contributed by atoms with Crippen LogP contribution < -0.4 is 5.32 Å². The Morgan fingerprint density at radius 3 is 2.44 bits per heavy atom. The molecule has 2 nitrogen and oxygen atoms in total. The molecule has 0 bridgehead atoms. The Labute approximate surface area is 97.4 Å². The molecule has 86 valence electrons. The maximum Gasteiger partial charge on any atom is 0.217 e. The Hall–Kier alpha value is -1.57. The fraction of sp³-hybridized carbons (Fsp3) is 0.357. The third-order valence-corrected chi connectivity index (χ3v) is 2.40. The van der Waals surface area contributed by atoms with Crippen molar-refractivity contribution in [2.75, 3.05) is 6.54 Å². The summed E-state index contributed by atoms with van der Waals surface area (Å²) < 4.78 is 0. The molecule has 0 aliphatic rings. The van der Waals surface area contributed by atoms with Crippen molar-refractivity contribution in [3.05, 3.63) is 42.0 Å². The summed E-state index contributed by atoms with van der Waals surface area (Å²) in [4.78, 5) is 10.8. The van der Waals surface area contributed by atoms with Crippen molar-refractivity contribution in [3.8, 4) is 0 Å². The first-order valence-electron chi connectivity index (χ1n) is 5.61. The van der Waals surface area contributed by atoms with Gasteiger partial charge in [0, 0.05) is 13.5 Å². The molecule has 0 unspecified atom stereocenters. The highest BCUT2D eigenvalue weighted by Crippen LogP contribution is 2.22. The molecule has 1 rings (SSSR count). The molecule has 0 aliphatic heterocycles. The van der Waals surface area contributed by atoms with Crippen LogP contribution in [-0.2, 0) is 4.79 Å². The average Bonchev–Trinajstić information content (AvgIpc) is 2.25. The van der Waals surface area contributed by atoms with E-state index in [1.165, 1.54) is 18.1 Å². The summed E-state index contributed by atoms with van der Waals surface area (Å²) >= 11 is 0. The molecule has 1 N–H and O–H groups in total. The maximum atomic E-state index is 10.8. The third kappa shape index (κ3) is 3.89. The SMILES string of the molecule is CC(=O)NC/C=C(\c1ccccc1)C(C)C. The Morgan fingerprint density at radius 2 is 1.94 bits per heavy atom. The number of hydrogen-bond donors (Lipinski definition) is 1. The van der Waals surface area contributed by atoms with E-state index < -0.39 is 0 Å². The Kier molecular flexibility index (Phi) is 4.77. The number of rotatable bonds is 4. The summed E-state index contributed by atoms with van der Waals surface area (Å²) in [5, 5.41) is 2.79. The number of benzene rings is 1. The predicted molar refractivity (Wildman–Crippen MR) is 67.9 cm³/mol. The van der Waals surface area contributed by atoms with E-state index in [9.17, 15) is 4.79 Å². The van der Waals surface area contributed by atoms with Gasteiger partial charge in [-0.2, -0.15) is 0 Å². The van der Waals surface area contributed by atoms with Gasteiger partial charge >= 0.3 is 0 Å². The van der Waals surface area contributed by atoms with Crippen LogP contribution >= 0.6 is 0 Å². The third-order valence-electron chi connectivity index (χ3n) is 2.40. The minimum Gasteiger partial charge on any atom is -0.353 e. The molecule has 1 amide bonds. The number of carbonyl (C=O) groups is 1. The van der Waals surface area contributed by atoms with E-state index in [-0.39, 0.29) is 5.91 Å². The molecule has 0 aliphatic carbocycles. The number of nitrogens with one attached hydrogen (secondary N) is 1. The first kappa shape index (κ1) is 12.5. The van der Waals surface area contributed by atoms with E-state index in [1.807, 2.05) is 18.2 Å². The van der Waals surface area contributed by atoms with Gasteiger partial charge in [0.1, 0.15) is 0 Å². The van der Waals surface area contributed by atoms with Crippen LogP contribution in [-0.4, -0.2) is 12.5 Å². The van der Waals surface area contributed by atoms with Gasteiger partial charge in [-0.15, -0.1) is 0 Å². The summed E-state index contributed by atoms with van der Waals surface area (Å²) in [6, 6.07) is 10.3. The van der Waals surface area contributed by atoms with Gasteiger partial charge in [0.25, 0.3) is 0 Å². The highest BCUT2D eigenvalue weighted by atomic mass is 16.1. The first-order chi connectivity index (χ1) is 7.61. The van der Waals surface area contributed by atoms with Gasteiger partial charge in [-0.1, -0.05) is 50.3 Å². The molecule has 0 radical (unpaired) electrons. The largest absolute Gasteiger partial charge is 0.353 e. The van der Waals surface area contributed by atoms with E-state index in [0.29, 0.717) is 12.5 Å². The van der Waals surface area contributed by atoms with Crippen molar-refractivity contribution in [1.29, 1.82) is 0 Å². The van der Waals surface area contributed by atoms with Crippen LogP contribution in [0.5, 0.6) is 0 Å². The first-order valence-corrected chi connectivity index (χ1v) is 5.61. The van der Waals surface area contributed by atoms with E-state index in [0.717, 1.165) is 0 Å². The van der Waals surface area contributed by atoms with Gasteiger partial charge in [-0.25, -0.2) is 0 Å². The fourth-order valence-electron chi connectivity index (χ4n) is 1.62. The Bertz CT molecular complexity index is 366. The summed E-state index contributed by atoms with van der Waals surface area (Å²) in [5.74, 6) is 0.462. The zero-order chi connectivity index (χ0) is 12.0. The van der Waals surface area contributed by atoms with Crippen LogP contribution in [0.2, 0.25) is 0 Å².